The monoisotopic (exact) mass is 497 g/mol. The topological polar surface area (TPSA) is 133 Å². The van der Waals surface area contributed by atoms with Crippen LogP contribution in [0.5, 0.6) is 23.0 Å². The molecule has 0 radical (unpaired) electrons. The Morgan fingerprint density at radius 3 is 2.00 bits per heavy atom. The van der Waals surface area contributed by atoms with Gasteiger partial charge in [-0.25, -0.2) is 9.69 Å². The second kappa shape index (κ2) is 12.0. The molecular weight excluding hydrogens is 466 g/mol. The van der Waals surface area contributed by atoms with Crippen LogP contribution in [0, 0.1) is 11.3 Å². The van der Waals surface area contributed by atoms with Crippen molar-refractivity contribution in [3.63, 3.8) is 0 Å². The number of nitrogens with two attached hydrogens (primary N) is 1. The highest BCUT2D eigenvalue weighted by Gasteiger charge is 2.30. The van der Waals surface area contributed by atoms with E-state index in [1.807, 2.05) is 0 Å². The van der Waals surface area contributed by atoms with Crippen molar-refractivity contribution >= 4 is 29.3 Å². The van der Waals surface area contributed by atoms with Crippen LogP contribution in [-0.2, 0) is 9.53 Å². The van der Waals surface area contributed by atoms with Gasteiger partial charge in [0.15, 0.2) is 11.5 Å². The van der Waals surface area contributed by atoms with E-state index in [0.29, 0.717) is 28.4 Å². The Morgan fingerprint density at radius 1 is 0.972 bits per heavy atom. The van der Waals surface area contributed by atoms with Gasteiger partial charge in [-0.2, -0.15) is 5.26 Å². The van der Waals surface area contributed by atoms with Crippen molar-refractivity contribution < 1.29 is 33.3 Å². The smallest absolute Gasteiger partial charge is 0.421 e. The van der Waals surface area contributed by atoms with Crippen molar-refractivity contribution in [3.05, 3.63) is 41.5 Å². The van der Waals surface area contributed by atoms with Gasteiger partial charge in [-0.3, -0.25) is 4.79 Å². The molecule has 2 rings (SSSR count). The van der Waals surface area contributed by atoms with E-state index in [4.69, 9.17) is 29.4 Å². The third-order valence-corrected chi connectivity index (χ3v) is 4.85. The van der Waals surface area contributed by atoms with Gasteiger partial charge in [-0.05, 0) is 62.2 Å². The number of ether oxygens (including phenoxy) is 5. The first-order chi connectivity index (χ1) is 17.0. The molecule has 0 atom stereocenters. The van der Waals surface area contributed by atoms with Crippen LogP contribution < -0.4 is 29.6 Å². The van der Waals surface area contributed by atoms with Crippen LogP contribution in [0.1, 0.15) is 31.9 Å². The molecule has 0 unspecified atom stereocenters. The van der Waals surface area contributed by atoms with E-state index in [1.165, 1.54) is 34.5 Å². The van der Waals surface area contributed by atoms with E-state index < -0.39 is 24.1 Å². The number of carbonyl (C=O) groups excluding carboxylic acids is 2. The molecule has 2 N–H and O–H groups in total. The number of nitrogens with zero attached hydrogens (tertiary/aromatic N) is 2. The van der Waals surface area contributed by atoms with E-state index in [1.54, 1.807) is 51.1 Å². The molecular formula is C26H31N3O7. The molecule has 0 saturated heterocycles. The molecule has 0 spiro atoms. The molecule has 10 heteroatoms. The molecule has 0 aliphatic heterocycles. The Hall–Kier alpha value is -4.23. The van der Waals surface area contributed by atoms with Crippen LogP contribution >= 0.6 is 0 Å². The molecule has 0 aromatic heterocycles. The van der Waals surface area contributed by atoms with Crippen LogP contribution in [0.15, 0.2) is 30.3 Å². The van der Waals surface area contributed by atoms with Gasteiger partial charge < -0.3 is 29.4 Å². The molecule has 192 valence electrons. The fourth-order valence-electron chi connectivity index (χ4n) is 3.29. The zero-order chi connectivity index (χ0) is 27.0. The summed E-state index contributed by atoms with van der Waals surface area (Å²) in [5.74, 6) is 0.710. The van der Waals surface area contributed by atoms with Crippen molar-refractivity contribution in [2.24, 2.45) is 5.73 Å². The minimum atomic E-state index is -0.900. The van der Waals surface area contributed by atoms with Gasteiger partial charge in [-0.1, -0.05) is 6.07 Å². The van der Waals surface area contributed by atoms with E-state index in [9.17, 15) is 14.9 Å². The van der Waals surface area contributed by atoms with Gasteiger partial charge in [0, 0.05) is 0 Å². The standard InChI is InChI=1S/C26H31N3O7/c1-26(2,3)36-25(31)29(23(30)15-28)19-11-16(8-9-20(19)32-4)10-18(14-27)17-12-21(33-5)24(35-7)22(13-17)34-6/h8-13H,15,28H2,1-7H3. The zero-order valence-electron chi connectivity index (χ0n) is 21.5. The lowest BCUT2D eigenvalue weighted by atomic mass is 10.0. The fraction of sp³-hybridized carbons (Fsp3) is 0.346. The number of methoxy groups -OCH3 is 4. The average Bonchev–Trinajstić information content (AvgIpc) is 2.85. The largest absolute Gasteiger partial charge is 0.495 e. The zero-order valence-corrected chi connectivity index (χ0v) is 21.5. The highest BCUT2D eigenvalue weighted by molar-refractivity contribution is 6.14. The first kappa shape index (κ1) is 28.0. The highest BCUT2D eigenvalue weighted by atomic mass is 16.6. The minimum Gasteiger partial charge on any atom is -0.495 e. The summed E-state index contributed by atoms with van der Waals surface area (Å²) >= 11 is 0. The second-order valence-corrected chi connectivity index (χ2v) is 8.43. The molecule has 10 nitrogen and oxygen atoms in total. The van der Waals surface area contributed by atoms with Crippen molar-refractivity contribution in [3.8, 4) is 29.1 Å². The normalized spacial score (nSPS) is 11.2. The van der Waals surface area contributed by atoms with E-state index in [0.717, 1.165) is 4.90 Å². The third-order valence-electron chi connectivity index (χ3n) is 4.85. The van der Waals surface area contributed by atoms with Gasteiger partial charge in [-0.15, -0.1) is 0 Å². The van der Waals surface area contributed by atoms with Crippen LogP contribution in [-0.4, -0.2) is 52.6 Å². The quantitative estimate of drug-likeness (QED) is 0.424. The molecule has 2 aromatic carbocycles. The Kier molecular flexibility index (Phi) is 9.30. The summed E-state index contributed by atoms with van der Waals surface area (Å²) in [6, 6.07) is 10.2. The molecule has 0 fully saturated rings. The van der Waals surface area contributed by atoms with Gasteiger partial charge >= 0.3 is 6.09 Å². The van der Waals surface area contributed by atoms with Crippen molar-refractivity contribution in [2.45, 2.75) is 26.4 Å². The molecule has 2 amide bonds. The van der Waals surface area contributed by atoms with E-state index in [-0.39, 0.29) is 17.0 Å². The maximum Gasteiger partial charge on any atom is 0.421 e. The van der Waals surface area contributed by atoms with Crippen LogP contribution in [0.4, 0.5) is 10.5 Å². The molecule has 36 heavy (non-hydrogen) atoms. The number of benzene rings is 2. The number of carbonyl (C=O) groups is 2. The molecule has 2 aromatic rings. The van der Waals surface area contributed by atoms with Crippen molar-refractivity contribution in [1.29, 1.82) is 5.26 Å². The van der Waals surface area contributed by atoms with Crippen LogP contribution in [0.25, 0.3) is 11.6 Å². The maximum atomic E-state index is 12.9. The SMILES string of the molecule is COc1ccc(C=C(C#N)c2cc(OC)c(OC)c(OC)c2)cc1N(C(=O)CN)C(=O)OC(C)(C)C. The van der Waals surface area contributed by atoms with Gasteiger partial charge in [0.25, 0.3) is 0 Å². The van der Waals surface area contributed by atoms with Gasteiger partial charge in [0.2, 0.25) is 11.7 Å². The highest BCUT2D eigenvalue weighted by Crippen LogP contribution is 2.40. The number of amides is 2. The number of hydrogen-bond donors (Lipinski definition) is 1. The second-order valence-electron chi connectivity index (χ2n) is 8.43. The molecule has 0 aliphatic rings. The third kappa shape index (κ3) is 6.46. The summed E-state index contributed by atoms with van der Waals surface area (Å²) in [5.41, 5.74) is 6.12. The Labute approximate surface area is 210 Å². The van der Waals surface area contributed by atoms with Crippen LogP contribution in [0.2, 0.25) is 0 Å². The first-order valence-corrected chi connectivity index (χ1v) is 10.9. The summed E-state index contributed by atoms with van der Waals surface area (Å²) < 4.78 is 26.9. The minimum absolute atomic E-state index is 0.123. The van der Waals surface area contributed by atoms with Crippen LogP contribution in [0.3, 0.4) is 0 Å². The van der Waals surface area contributed by atoms with Gasteiger partial charge in [0.05, 0.1) is 52.3 Å². The summed E-state index contributed by atoms with van der Waals surface area (Å²) in [6.45, 7) is 4.62. The summed E-state index contributed by atoms with van der Waals surface area (Å²) in [5, 5.41) is 9.90. The Bertz CT molecular complexity index is 1170. The fourth-order valence-corrected chi connectivity index (χ4v) is 3.29. The Balaban J connectivity index is 2.67. The summed E-state index contributed by atoms with van der Waals surface area (Å²) in [6.07, 6.45) is 0.687. The number of hydrogen-bond acceptors (Lipinski definition) is 9. The molecule has 0 bridgehead atoms. The van der Waals surface area contributed by atoms with Crippen molar-refractivity contribution in [2.75, 3.05) is 39.9 Å². The predicted octanol–water partition coefficient (Wildman–Crippen LogP) is 4.01. The van der Waals surface area contributed by atoms with E-state index >= 15 is 0 Å². The molecule has 0 saturated carbocycles. The lowest BCUT2D eigenvalue weighted by Crippen LogP contribution is -2.44. The number of rotatable bonds is 8. The van der Waals surface area contributed by atoms with Gasteiger partial charge in [0.1, 0.15) is 11.4 Å². The maximum absolute atomic E-state index is 12.9. The predicted molar refractivity (Wildman–Crippen MR) is 135 cm³/mol. The number of imide groups is 1. The van der Waals surface area contributed by atoms with Crippen molar-refractivity contribution in [1.82, 2.24) is 0 Å². The Morgan fingerprint density at radius 2 is 1.56 bits per heavy atom. The first-order valence-electron chi connectivity index (χ1n) is 10.9. The summed E-state index contributed by atoms with van der Waals surface area (Å²) in [4.78, 5) is 26.4. The molecule has 0 heterocycles. The number of nitriles is 1. The number of anilines is 1. The lowest BCUT2D eigenvalue weighted by Gasteiger charge is -2.27. The lowest BCUT2D eigenvalue weighted by molar-refractivity contribution is -0.117. The number of allylic oxidation sites excluding steroid dienone is 1. The summed E-state index contributed by atoms with van der Waals surface area (Å²) in [7, 11) is 5.85. The average molecular weight is 498 g/mol. The molecule has 0 aliphatic carbocycles. The van der Waals surface area contributed by atoms with E-state index in [2.05, 4.69) is 6.07 Å².